The van der Waals surface area contributed by atoms with E-state index < -0.39 is 5.91 Å². The number of aromatic nitrogens is 5. The first-order valence-electron chi connectivity index (χ1n) is 8.95. The van der Waals surface area contributed by atoms with Crippen molar-refractivity contribution in [3.8, 4) is 17.3 Å². The first-order chi connectivity index (χ1) is 14.0. The molecule has 0 saturated carbocycles. The Morgan fingerprint density at radius 3 is 2.90 bits per heavy atom. The lowest BCUT2D eigenvalue weighted by Crippen LogP contribution is -2.12. The van der Waals surface area contributed by atoms with Crippen molar-refractivity contribution in [3.63, 3.8) is 0 Å². The van der Waals surface area contributed by atoms with E-state index in [4.69, 9.17) is 4.52 Å². The lowest BCUT2D eigenvalue weighted by Gasteiger charge is -2.06. The molecule has 4 rings (SSSR count). The molecule has 0 radical (unpaired) electrons. The monoisotopic (exact) mass is 392 g/mol. The van der Waals surface area contributed by atoms with E-state index in [0.717, 1.165) is 0 Å². The summed E-state index contributed by atoms with van der Waals surface area (Å²) >= 11 is 0. The van der Waals surface area contributed by atoms with Crippen molar-refractivity contribution in [2.75, 3.05) is 5.32 Å². The van der Waals surface area contributed by atoms with Crippen molar-refractivity contribution < 1.29 is 13.7 Å². The molecule has 9 heteroatoms. The highest BCUT2D eigenvalue weighted by Crippen LogP contribution is 2.24. The van der Waals surface area contributed by atoms with Gasteiger partial charge in [0, 0.05) is 24.5 Å². The topological polar surface area (TPSA) is 98.7 Å². The Bertz CT molecular complexity index is 1180. The van der Waals surface area contributed by atoms with Crippen LogP contribution in [0.3, 0.4) is 0 Å². The summed E-state index contributed by atoms with van der Waals surface area (Å²) < 4.78 is 20.3. The molecule has 8 nitrogen and oxygen atoms in total. The molecule has 0 aliphatic heterocycles. The molecule has 1 amide bonds. The van der Waals surface area contributed by atoms with Gasteiger partial charge in [0.15, 0.2) is 11.6 Å². The van der Waals surface area contributed by atoms with E-state index in [-0.39, 0.29) is 11.5 Å². The number of carbonyl (C=O) groups is 1. The van der Waals surface area contributed by atoms with Gasteiger partial charge < -0.3 is 9.84 Å². The molecule has 0 spiro atoms. The molecule has 3 heterocycles. The summed E-state index contributed by atoms with van der Waals surface area (Å²) in [6.45, 7) is 3.56. The SMILES string of the molecule is CCc1noc(-c2cccnc2-n2cnc(C(=O)Nc3ccc(F)c(C)c3)c2)n1. The van der Waals surface area contributed by atoms with Crippen molar-refractivity contribution in [1.82, 2.24) is 24.7 Å². The van der Waals surface area contributed by atoms with Crippen LogP contribution in [-0.2, 0) is 6.42 Å². The van der Waals surface area contributed by atoms with Gasteiger partial charge in [-0.1, -0.05) is 12.1 Å². The smallest absolute Gasteiger partial charge is 0.275 e. The Balaban J connectivity index is 1.61. The molecule has 0 fully saturated rings. The number of halogens is 1. The fraction of sp³-hybridized carbons (Fsp3) is 0.150. The van der Waals surface area contributed by atoms with E-state index in [9.17, 15) is 9.18 Å². The zero-order valence-corrected chi connectivity index (χ0v) is 15.8. The summed E-state index contributed by atoms with van der Waals surface area (Å²) in [4.78, 5) is 25.4. The van der Waals surface area contributed by atoms with E-state index >= 15 is 0 Å². The van der Waals surface area contributed by atoms with Gasteiger partial charge in [-0.25, -0.2) is 14.4 Å². The summed E-state index contributed by atoms with van der Waals surface area (Å²) in [6.07, 6.45) is 5.30. The van der Waals surface area contributed by atoms with Crippen LogP contribution < -0.4 is 5.32 Å². The van der Waals surface area contributed by atoms with E-state index in [1.54, 1.807) is 42.1 Å². The van der Waals surface area contributed by atoms with Crippen LogP contribution in [0.2, 0.25) is 0 Å². The third kappa shape index (κ3) is 3.75. The van der Waals surface area contributed by atoms with Gasteiger partial charge in [-0.2, -0.15) is 4.98 Å². The predicted octanol–water partition coefficient (Wildman–Crippen LogP) is 3.58. The number of nitrogens with zero attached hydrogens (tertiary/aromatic N) is 5. The first-order valence-corrected chi connectivity index (χ1v) is 8.95. The second-order valence-electron chi connectivity index (χ2n) is 6.33. The number of rotatable bonds is 5. The Morgan fingerprint density at radius 1 is 1.28 bits per heavy atom. The van der Waals surface area contributed by atoms with Gasteiger partial charge in [-0.3, -0.25) is 9.36 Å². The number of aryl methyl sites for hydroxylation is 2. The van der Waals surface area contributed by atoms with Crippen LogP contribution >= 0.6 is 0 Å². The number of nitrogens with one attached hydrogen (secondary N) is 1. The summed E-state index contributed by atoms with van der Waals surface area (Å²) in [7, 11) is 0. The van der Waals surface area contributed by atoms with Gasteiger partial charge in [0.2, 0.25) is 0 Å². The number of anilines is 1. The molecule has 1 aromatic carbocycles. The minimum Gasteiger partial charge on any atom is -0.334 e. The Morgan fingerprint density at radius 2 is 2.14 bits per heavy atom. The minimum absolute atomic E-state index is 0.184. The molecule has 3 aromatic heterocycles. The molecule has 4 aromatic rings. The number of benzene rings is 1. The lowest BCUT2D eigenvalue weighted by molar-refractivity contribution is 0.102. The van der Waals surface area contributed by atoms with Crippen LogP contribution in [0.25, 0.3) is 17.3 Å². The Kier molecular flexibility index (Phi) is 4.86. The Labute approximate surface area is 165 Å². The van der Waals surface area contributed by atoms with Crippen LogP contribution in [0, 0.1) is 12.7 Å². The van der Waals surface area contributed by atoms with E-state index in [0.29, 0.717) is 40.8 Å². The van der Waals surface area contributed by atoms with Crippen molar-refractivity contribution in [2.45, 2.75) is 20.3 Å². The second kappa shape index (κ2) is 7.63. The highest BCUT2D eigenvalue weighted by Gasteiger charge is 2.17. The van der Waals surface area contributed by atoms with Crippen LogP contribution in [0.5, 0.6) is 0 Å². The van der Waals surface area contributed by atoms with Crippen molar-refractivity contribution in [1.29, 1.82) is 0 Å². The molecule has 0 saturated heterocycles. The number of hydrogen-bond donors (Lipinski definition) is 1. The normalized spacial score (nSPS) is 10.9. The lowest BCUT2D eigenvalue weighted by atomic mass is 10.2. The van der Waals surface area contributed by atoms with Crippen molar-refractivity contribution in [2.24, 2.45) is 0 Å². The molecule has 0 unspecified atom stereocenters. The summed E-state index contributed by atoms with van der Waals surface area (Å²) in [5.74, 6) is 0.685. The van der Waals surface area contributed by atoms with Crippen molar-refractivity contribution >= 4 is 11.6 Å². The average Bonchev–Trinajstić information content (AvgIpc) is 3.40. The van der Waals surface area contributed by atoms with Gasteiger partial charge in [-0.15, -0.1) is 0 Å². The van der Waals surface area contributed by atoms with Gasteiger partial charge in [0.1, 0.15) is 17.8 Å². The van der Waals surface area contributed by atoms with Gasteiger partial charge in [0.25, 0.3) is 11.8 Å². The third-order valence-corrected chi connectivity index (χ3v) is 4.28. The van der Waals surface area contributed by atoms with E-state index in [1.807, 2.05) is 6.92 Å². The summed E-state index contributed by atoms with van der Waals surface area (Å²) in [5, 5.41) is 6.62. The number of imidazole rings is 1. The highest BCUT2D eigenvalue weighted by atomic mass is 19.1. The maximum absolute atomic E-state index is 13.4. The average molecular weight is 392 g/mol. The van der Waals surface area contributed by atoms with Crippen molar-refractivity contribution in [3.05, 3.63) is 72.0 Å². The molecule has 0 bridgehead atoms. The fourth-order valence-corrected chi connectivity index (χ4v) is 2.75. The molecular formula is C20H17FN6O2. The third-order valence-electron chi connectivity index (χ3n) is 4.28. The van der Waals surface area contributed by atoms with Gasteiger partial charge in [0.05, 0.1) is 5.56 Å². The molecule has 0 aliphatic rings. The number of carbonyl (C=O) groups excluding carboxylic acids is 1. The zero-order valence-electron chi connectivity index (χ0n) is 15.8. The molecule has 0 atom stereocenters. The summed E-state index contributed by atoms with van der Waals surface area (Å²) in [6, 6.07) is 7.92. The van der Waals surface area contributed by atoms with E-state index in [1.165, 1.54) is 18.5 Å². The largest absolute Gasteiger partial charge is 0.334 e. The zero-order chi connectivity index (χ0) is 20.4. The maximum Gasteiger partial charge on any atom is 0.275 e. The molecule has 0 aliphatic carbocycles. The van der Waals surface area contributed by atoms with Gasteiger partial charge in [-0.05, 0) is 42.8 Å². The molecular weight excluding hydrogens is 375 g/mol. The molecule has 29 heavy (non-hydrogen) atoms. The fourth-order valence-electron chi connectivity index (χ4n) is 2.75. The number of hydrogen-bond acceptors (Lipinski definition) is 6. The molecule has 146 valence electrons. The van der Waals surface area contributed by atoms with Crippen LogP contribution in [0.15, 0.2) is 53.6 Å². The quantitative estimate of drug-likeness (QED) is 0.557. The maximum atomic E-state index is 13.4. The second-order valence-corrected chi connectivity index (χ2v) is 6.33. The van der Waals surface area contributed by atoms with Crippen LogP contribution in [0.1, 0.15) is 28.8 Å². The summed E-state index contributed by atoms with van der Waals surface area (Å²) in [5.41, 5.74) is 1.74. The highest BCUT2D eigenvalue weighted by molar-refractivity contribution is 6.02. The van der Waals surface area contributed by atoms with E-state index in [2.05, 4.69) is 25.4 Å². The Hall–Kier alpha value is -3.88. The van der Waals surface area contributed by atoms with Gasteiger partial charge >= 0.3 is 0 Å². The molecule has 1 N–H and O–H groups in total. The number of amides is 1. The minimum atomic E-state index is -0.418. The predicted molar refractivity (Wildman–Crippen MR) is 103 cm³/mol. The standard InChI is InChI=1S/C20H17FN6O2/c1-3-17-25-20(29-26-17)14-5-4-8-22-18(14)27-10-16(23-11-27)19(28)24-13-6-7-15(21)12(2)9-13/h4-11H,3H2,1-2H3,(H,24,28). The first kappa shape index (κ1) is 18.5. The number of pyridine rings is 1. The van der Waals surface area contributed by atoms with Crippen LogP contribution in [-0.4, -0.2) is 30.6 Å². The van der Waals surface area contributed by atoms with Crippen LogP contribution in [0.4, 0.5) is 10.1 Å².